The fraction of sp³-hybridized carbons (Fsp3) is 0.944. The molecule has 3 saturated heterocycles. The Morgan fingerprint density at radius 3 is 2.65 bits per heavy atom. The minimum atomic E-state index is -0.415. The van der Waals surface area contributed by atoms with Crippen LogP contribution in [0.4, 0.5) is 4.79 Å². The van der Waals surface area contributed by atoms with E-state index < -0.39 is 5.60 Å². The molecular weight excluding hydrogens is 292 g/mol. The molecule has 4 rings (SSSR count). The van der Waals surface area contributed by atoms with Gasteiger partial charge in [0.2, 0.25) is 0 Å². The zero-order valence-electron chi connectivity index (χ0n) is 15.1. The molecule has 4 aliphatic rings. The summed E-state index contributed by atoms with van der Waals surface area (Å²) in [7, 11) is 0. The molecule has 3 heterocycles. The van der Waals surface area contributed by atoms with Crippen molar-refractivity contribution in [3.05, 3.63) is 0 Å². The molecule has 0 N–H and O–H groups in total. The molecule has 132 valence electrons. The number of hydrogen-bond donors (Lipinski definition) is 0. The average Bonchev–Trinajstić information content (AvgIpc) is 3.07. The van der Waals surface area contributed by atoms with Gasteiger partial charge in [0.05, 0.1) is 12.1 Å². The van der Waals surface area contributed by atoms with Gasteiger partial charge in [-0.15, -0.1) is 0 Å². The number of nitrogens with zero attached hydrogens (tertiary/aromatic N) is 2. The van der Waals surface area contributed by atoms with Crippen molar-refractivity contribution in [2.45, 2.75) is 58.1 Å². The molecule has 0 spiro atoms. The molecule has 5 nitrogen and oxygen atoms in total. The molecule has 4 fully saturated rings. The Kier molecular flexibility index (Phi) is 4.62. The Labute approximate surface area is 140 Å². The van der Waals surface area contributed by atoms with Gasteiger partial charge in [0.25, 0.3) is 0 Å². The first-order valence-corrected chi connectivity index (χ1v) is 9.12. The molecule has 0 unspecified atom stereocenters. The van der Waals surface area contributed by atoms with Gasteiger partial charge >= 0.3 is 6.09 Å². The maximum absolute atomic E-state index is 12.5. The number of likely N-dealkylation sites (tertiary alicyclic amines) is 1. The lowest BCUT2D eigenvalue weighted by molar-refractivity contribution is -0.00123. The Bertz CT molecular complexity index is 440. The number of carbonyl (C=O) groups is 1. The van der Waals surface area contributed by atoms with Gasteiger partial charge in [-0.3, -0.25) is 0 Å². The number of carbonyl (C=O) groups excluding carboxylic acids is 1. The first kappa shape index (κ1) is 17.0. The van der Waals surface area contributed by atoms with Crippen molar-refractivity contribution in [1.82, 2.24) is 9.80 Å². The van der Waals surface area contributed by atoms with Crippen molar-refractivity contribution in [1.29, 1.82) is 0 Å². The molecule has 1 saturated carbocycles. The molecule has 23 heavy (non-hydrogen) atoms. The lowest BCUT2D eigenvalue weighted by Gasteiger charge is -2.44. The summed E-state index contributed by atoms with van der Waals surface area (Å²) < 4.78 is 11.2. The zero-order valence-corrected chi connectivity index (χ0v) is 15.1. The van der Waals surface area contributed by atoms with Crippen molar-refractivity contribution in [2.24, 2.45) is 11.8 Å². The maximum atomic E-state index is 12.5. The van der Waals surface area contributed by atoms with E-state index in [4.69, 9.17) is 9.47 Å². The van der Waals surface area contributed by atoms with Gasteiger partial charge in [-0.1, -0.05) is 0 Å². The minimum absolute atomic E-state index is 0.0352. The van der Waals surface area contributed by atoms with E-state index in [1.54, 1.807) is 0 Å². The molecule has 3 aliphatic heterocycles. The first-order chi connectivity index (χ1) is 10.8. The van der Waals surface area contributed by atoms with Crippen molar-refractivity contribution in [2.75, 3.05) is 39.4 Å². The largest absolute Gasteiger partial charge is 0.444 e. The van der Waals surface area contributed by atoms with Crippen molar-refractivity contribution in [3.8, 4) is 0 Å². The number of ether oxygens (including phenoxy) is 2. The van der Waals surface area contributed by atoms with Crippen LogP contribution in [-0.4, -0.2) is 66.4 Å². The Morgan fingerprint density at radius 1 is 1.26 bits per heavy atom. The van der Waals surface area contributed by atoms with E-state index in [1.807, 2.05) is 25.7 Å². The zero-order chi connectivity index (χ0) is 16.7. The molecule has 2 bridgehead atoms. The standard InChI is InChI=1S/C18H32N2O3/c1-5-22-12-14-6-7-19(10-14)13-18-8-15(9-18)11-20(18)16(21)23-17(2,3)4/h14-15H,5-13H2,1-4H3/t14-,15?,18?/m0/s1. The maximum Gasteiger partial charge on any atom is 0.410 e. The second-order valence-corrected chi connectivity index (χ2v) is 8.64. The van der Waals surface area contributed by atoms with Gasteiger partial charge in [0.15, 0.2) is 0 Å². The number of amides is 1. The predicted molar refractivity (Wildman–Crippen MR) is 89.4 cm³/mol. The van der Waals surface area contributed by atoms with Gasteiger partial charge in [-0.25, -0.2) is 4.79 Å². The molecule has 1 atom stereocenters. The van der Waals surface area contributed by atoms with Crippen LogP contribution in [0.15, 0.2) is 0 Å². The van der Waals surface area contributed by atoms with E-state index >= 15 is 0 Å². The van der Waals surface area contributed by atoms with Gasteiger partial charge < -0.3 is 19.3 Å². The van der Waals surface area contributed by atoms with Crippen LogP contribution in [-0.2, 0) is 9.47 Å². The van der Waals surface area contributed by atoms with Crippen molar-refractivity contribution in [3.63, 3.8) is 0 Å². The van der Waals surface area contributed by atoms with Gasteiger partial charge in [0, 0.05) is 26.2 Å². The van der Waals surface area contributed by atoms with Crippen LogP contribution in [0.3, 0.4) is 0 Å². The number of fused-ring (bicyclic) bond motifs is 1. The molecule has 1 aliphatic carbocycles. The van der Waals surface area contributed by atoms with E-state index in [9.17, 15) is 4.79 Å². The molecule has 0 radical (unpaired) electrons. The summed E-state index contributed by atoms with van der Waals surface area (Å²) in [5, 5.41) is 0. The van der Waals surface area contributed by atoms with Crippen molar-refractivity contribution >= 4 is 6.09 Å². The van der Waals surface area contributed by atoms with Crippen LogP contribution in [0.2, 0.25) is 0 Å². The SMILES string of the molecule is CCOC[C@H]1CCN(CC23CC(CN2C(=O)OC(C)(C)C)C3)C1. The van der Waals surface area contributed by atoms with E-state index in [1.165, 1.54) is 6.42 Å². The topological polar surface area (TPSA) is 42.0 Å². The van der Waals surface area contributed by atoms with Gasteiger partial charge in [0.1, 0.15) is 5.60 Å². The first-order valence-electron chi connectivity index (χ1n) is 9.12. The van der Waals surface area contributed by atoms with Gasteiger partial charge in [-0.2, -0.15) is 0 Å². The molecule has 0 aromatic heterocycles. The monoisotopic (exact) mass is 324 g/mol. The third kappa shape index (κ3) is 3.66. The van der Waals surface area contributed by atoms with Crippen LogP contribution >= 0.6 is 0 Å². The fourth-order valence-corrected chi connectivity index (χ4v) is 4.51. The normalized spacial score (nSPS) is 33.8. The highest BCUT2D eigenvalue weighted by Gasteiger charge is 2.59. The van der Waals surface area contributed by atoms with E-state index in [2.05, 4.69) is 11.8 Å². The van der Waals surface area contributed by atoms with E-state index in [0.717, 1.165) is 52.2 Å². The van der Waals surface area contributed by atoms with Crippen LogP contribution in [0, 0.1) is 11.8 Å². The quantitative estimate of drug-likeness (QED) is 0.780. The highest BCUT2D eigenvalue weighted by atomic mass is 16.6. The number of rotatable bonds is 5. The lowest BCUT2D eigenvalue weighted by atomic mass is 9.73. The predicted octanol–water partition coefficient (Wildman–Crippen LogP) is 2.74. The van der Waals surface area contributed by atoms with Gasteiger partial charge in [-0.05, 0) is 65.3 Å². The summed E-state index contributed by atoms with van der Waals surface area (Å²) in [6.45, 7) is 13.7. The molecular formula is C18H32N2O3. The Balaban J connectivity index is 1.56. The summed E-state index contributed by atoms with van der Waals surface area (Å²) in [5.74, 6) is 1.34. The lowest BCUT2D eigenvalue weighted by Crippen LogP contribution is -2.56. The Hall–Kier alpha value is -0.810. The van der Waals surface area contributed by atoms with Crippen molar-refractivity contribution < 1.29 is 14.3 Å². The second kappa shape index (κ2) is 6.25. The van der Waals surface area contributed by atoms with Crippen LogP contribution < -0.4 is 0 Å². The molecule has 5 heteroatoms. The second-order valence-electron chi connectivity index (χ2n) is 8.64. The summed E-state index contributed by atoms with van der Waals surface area (Å²) in [4.78, 5) is 17.1. The minimum Gasteiger partial charge on any atom is -0.444 e. The summed E-state index contributed by atoms with van der Waals surface area (Å²) in [5.41, 5.74) is -0.380. The summed E-state index contributed by atoms with van der Waals surface area (Å²) >= 11 is 0. The third-order valence-electron chi connectivity index (χ3n) is 5.41. The summed E-state index contributed by atoms with van der Waals surface area (Å²) in [6, 6.07) is 0. The average molecular weight is 324 g/mol. The highest BCUT2D eigenvalue weighted by molar-refractivity contribution is 5.70. The Morgan fingerprint density at radius 2 is 2.00 bits per heavy atom. The van der Waals surface area contributed by atoms with E-state index in [0.29, 0.717) is 11.8 Å². The molecule has 0 aromatic rings. The smallest absolute Gasteiger partial charge is 0.410 e. The third-order valence-corrected chi connectivity index (χ3v) is 5.41. The van der Waals surface area contributed by atoms with Crippen LogP contribution in [0.25, 0.3) is 0 Å². The van der Waals surface area contributed by atoms with E-state index in [-0.39, 0.29) is 11.6 Å². The molecule has 0 aromatic carbocycles. The van der Waals surface area contributed by atoms with Crippen LogP contribution in [0.1, 0.15) is 47.0 Å². The summed E-state index contributed by atoms with van der Waals surface area (Å²) in [6.07, 6.45) is 3.39. The highest BCUT2D eigenvalue weighted by Crippen LogP contribution is 2.51. The number of hydrogen-bond acceptors (Lipinski definition) is 4. The molecule has 1 amide bonds. The fourth-order valence-electron chi connectivity index (χ4n) is 4.51. The van der Waals surface area contributed by atoms with Crippen LogP contribution in [0.5, 0.6) is 0 Å².